The van der Waals surface area contributed by atoms with Crippen LogP contribution in [0.15, 0.2) is 62.2 Å². The van der Waals surface area contributed by atoms with Crippen molar-refractivity contribution in [3.63, 3.8) is 0 Å². The lowest BCUT2D eigenvalue weighted by Crippen LogP contribution is -2.03. The number of para-hydroxylation sites is 1. The molecule has 0 radical (unpaired) electrons. The smallest absolute Gasteiger partial charge is 0.344 e. The summed E-state index contributed by atoms with van der Waals surface area (Å²) in [6.45, 7) is 1.98. The molecule has 0 N–H and O–H groups in total. The van der Waals surface area contributed by atoms with E-state index in [-0.39, 0.29) is 5.63 Å². The second-order valence-electron chi connectivity index (χ2n) is 4.44. The maximum absolute atomic E-state index is 12.1. The van der Waals surface area contributed by atoms with Gasteiger partial charge in [0.2, 0.25) is 0 Å². The normalized spacial score (nSPS) is 10.8. The van der Waals surface area contributed by atoms with Gasteiger partial charge >= 0.3 is 5.63 Å². The van der Waals surface area contributed by atoms with Crippen LogP contribution in [0.25, 0.3) is 22.1 Å². The highest BCUT2D eigenvalue weighted by molar-refractivity contribution is 9.10. The van der Waals surface area contributed by atoms with Crippen LogP contribution in [0.3, 0.4) is 0 Å². The van der Waals surface area contributed by atoms with E-state index in [0.29, 0.717) is 11.1 Å². The maximum Gasteiger partial charge on any atom is 0.344 e. The summed E-state index contributed by atoms with van der Waals surface area (Å²) in [5.41, 5.74) is 2.86. The highest BCUT2D eigenvalue weighted by Crippen LogP contribution is 2.26. The lowest BCUT2D eigenvalue weighted by atomic mass is 10.0. The van der Waals surface area contributed by atoms with Crippen LogP contribution in [0.5, 0.6) is 0 Å². The molecule has 0 aliphatic rings. The molecule has 3 heteroatoms. The topological polar surface area (TPSA) is 30.2 Å². The van der Waals surface area contributed by atoms with Crippen LogP contribution in [0.1, 0.15) is 5.56 Å². The van der Waals surface area contributed by atoms with E-state index in [2.05, 4.69) is 15.9 Å². The summed E-state index contributed by atoms with van der Waals surface area (Å²) in [6.07, 6.45) is 0. The lowest BCUT2D eigenvalue weighted by molar-refractivity contribution is 0.563. The van der Waals surface area contributed by atoms with Gasteiger partial charge in [-0.15, -0.1) is 0 Å². The number of rotatable bonds is 1. The quantitative estimate of drug-likeness (QED) is 0.618. The predicted octanol–water partition coefficient (Wildman–Crippen LogP) is 4.53. The lowest BCUT2D eigenvalue weighted by Gasteiger charge is -2.06. The van der Waals surface area contributed by atoms with Crippen LogP contribution in [0.4, 0.5) is 0 Å². The van der Waals surface area contributed by atoms with Crippen molar-refractivity contribution in [1.29, 1.82) is 0 Å². The molecule has 0 unspecified atom stereocenters. The van der Waals surface area contributed by atoms with Gasteiger partial charge in [0.15, 0.2) is 0 Å². The van der Waals surface area contributed by atoms with Crippen molar-refractivity contribution in [3.8, 4) is 11.1 Å². The maximum atomic E-state index is 12.1. The number of halogens is 1. The molecule has 1 heterocycles. The van der Waals surface area contributed by atoms with Crippen molar-refractivity contribution in [2.45, 2.75) is 6.92 Å². The Morgan fingerprint density at radius 1 is 1.00 bits per heavy atom. The minimum Gasteiger partial charge on any atom is -0.422 e. The van der Waals surface area contributed by atoms with E-state index in [1.54, 1.807) is 6.07 Å². The Morgan fingerprint density at radius 2 is 1.79 bits per heavy atom. The molecular weight excluding hydrogens is 304 g/mol. The zero-order valence-electron chi connectivity index (χ0n) is 10.3. The largest absolute Gasteiger partial charge is 0.422 e. The number of hydrogen-bond donors (Lipinski definition) is 0. The molecule has 94 valence electrons. The highest BCUT2D eigenvalue weighted by atomic mass is 79.9. The molecular formula is C16H11BrO2. The molecule has 0 saturated carbocycles. The van der Waals surface area contributed by atoms with E-state index >= 15 is 0 Å². The first-order valence-electron chi connectivity index (χ1n) is 5.94. The van der Waals surface area contributed by atoms with Gasteiger partial charge in [-0.05, 0) is 42.3 Å². The van der Waals surface area contributed by atoms with Gasteiger partial charge in [-0.1, -0.05) is 40.2 Å². The van der Waals surface area contributed by atoms with Crippen molar-refractivity contribution >= 4 is 26.9 Å². The third-order valence-corrected chi connectivity index (χ3v) is 3.61. The minimum absolute atomic E-state index is 0.302. The zero-order chi connectivity index (χ0) is 13.4. The van der Waals surface area contributed by atoms with Crippen molar-refractivity contribution < 1.29 is 4.42 Å². The first-order valence-corrected chi connectivity index (χ1v) is 6.74. The number of benzene rings is 2. The molecule has 0 saturated heterocycles. The first-order chi connectivity index (χ1) is 9.15. The molecule has 0 fully saturated rings. The van der Waals surface area contributed by atoms with Gasteiger partial charge in [-0.25, -0.2) is 4.79 Å². The van der Waals surface area contributed by atoms with Crippen LogP contribution in [-0.4, -0.2) is 0 Å². The molecule has 0 bridgehead atoms. The predicted molar refractivity (Wildman–Crippen MR) is 80.4 cm³/mol. The third kappa shape index (κ3) is 2.22. The summed E-state index contributed by atoms with van der Waals surface area (Å²) in [6, 6.07) is 15.3. The molecule has 3 rings (SSSR count). The summed E-state index contributed by atoms with van der Waals surface area (Å²) in [5, 5.41) is 0.930. The minimum atomic E-state index is -0.302. The monoisotopic (exact) mass is 314 g/mol. The molecule has 0 spiro atoms. The van der Waals surface area contributed by atoms with Crippen molar-refractivity contribution in [3.05, 3.63) is 69.0 Å². The van der Waals surface area contributed by atoms with Gasteiger partial charge in [0, 0.05) is 9.86 Å². The van der Waals surface area contributed by atoms with Crippen molar-refractivity contribution in [2.75, 3.05) is 0 Å². The van der Waals surface area contributed by atoms with Crippen LogP contribution in [0, 0.1) is 6.92 Å². The van der Waals surface area contributed by atoms with Gasteiger partial charge in [-0.2, -0.15) is 0 Å². The highest BCUT2D eigenvalue weighted by Gasteiger charge is 2.09. The zero-order valence-corrected chi connectivity index (χ0v) is 11.9. The van der Waals surface area contributed by atoms with Gasteiger partial charge in [0.05, 0.1) is 5.56 Å². The second kappa shape index (κ2) is 4.67. The molecule has 0 atom stereocenters. The number of aryl methyl sites for hydroxylation is 1. The van der Waals surface area contributed by atoms with Crippen LogP contribution in [-0.2, 0) is 0 Å². The third-order valence-electron chi connectivity index (χ3n) is 3.12. The first kappa shape index (κ1) is 12.2. The number of fused-ring (bicyclic) bond motifs is 1. The summed E-state index contributed by atoms with van der Waals surface area (Å²) in [5.74, 6) is 0. The molecule has 0 amide bonds. The number of hydrogen-bond acceptors (Lipinski definition) is 2. The fraction of sp³-hybridized carbons (Fsp3) is 0.0625. The van der Waals surface area contributed by atoms with E-state index in [0.717, 1.165) is 21.0 Å². The van der Waals surface area contributed by atoms with Gasteiger partial charge in [0.1, 0.15) is 5.58 Å². The fourth-order valence-corrected chi connectivity index (χ4v) is 2.65. The van der Waals surface area contributed by atoms with Gasteiger partial charge in [-0.3, -0.25) is 0 Å². The Morgan fingerprint density at radius 3 is 2.58 bits per heavy atom. The van der Waals surface area contributed by atoms with Crippen LogP contribution < -0.4 is 5.63 Å². The summed E-state index contributed by atoms with van der Waals surface area (Å²) in [7, 11) is 0. The average molecular weight is 315 g/mol. The van der Waals surface area contributed by atoms with Crippen LogP contribution in [0.2, 0.25) is 0 Å². The van der Waals surface area contributed by atoms with E-state index in [4.69, 9.17) is 4.42 Å². The van der Waals surface area contributed by atoms with Crippen LogP contribution >= 0.6 is 15.9 Å². The summed E-state index contributed by atoms with van der Waals surface area (Å²) in [4.78, 5) is 12.1. The Labute approximate surface area is 118 Å². The Kier molecular flexibility index (Phi) is 2.99. The average Bonchev–Trinajstić information content (AvgIpc) is 2.38. The van der Waals surface area contributed by atoms with Gasteiger partial charge in [0.25, 0.3) is 0 Å². The summed E-state index contributed by atoms with van der Waals surface area (Å²) >= 11 is 3.43. The summed E-state index contributed by atoms with van der Waals surface area (Å²) < 4.78 is 6.36. The van der Waals surface area contributed by atoms with Gasteiger partial charge < -0.3 is 4.42 Å². The van der Waals surface area contributed by atoms with Crippen molar-refractivity contribution in [2.24, 2.45) is 0 Å². The molecule has 3 aromatic rings. The van der Waals surface area contributed by atoms with E-state index in [1.807, 2.05) is 49.4 Å². The Balaban J connectivity index is 2.30. The molecule has 0 aliphatic heterocycles. The van der Waals surface area contributed by atoms with E-state index < -0.39 is 0 Å². The molecule has 0 aliphatic carbocycles. The molecule has 1 aromatic heterocycles. The standard InChI is InChI=1S/C16H11BrO2/c1-10-8-12(17)6-7-13(10)14-9-11-4-2-3-5-15(11)19-16(14)18/h2-9H,1H3. The SMILES string of the molecule is Cc1cc(Br)ccc1-c1cc2ccccc2oc1=O. The van der Waals surface area contributed by atoms with E-state index in [9.17, 15) is 4.79 Å². The molecule has 2 aromatic carbocycles. The van der Waals surface area contributed by atoms with Crippen molar-refractivity contribution in [1.82, 2.24) is 0 Å². The molecule has 2 nitrogen and oxygen atoms in total. The Hall–Kier alpha value is -1.87. The fourth-order valence-electron chi connectivity index (χ4n) is 2.18. The second-order valence-corrected chi connectivity index (χ2v) is 5.36. The Bertz CT molecular complexity index is 818. The molecule has 19 heavy (non-hydrogen) atoms. The van der Waals surface area contributed by atoms with E-state index in [1.165, 1.54) is 0 Å².